The molecule has 1 aromatic heterocycles. The number of aromatic amines is 1. The normalized spacial score (nSPS) is 14.6. The molecule has 1 aliphatic rings. The molecule has 1 N–H and O–H groups in total. The van der Waals surface area contributed by atoms with E-state index in [0.717, 1.165) is 17.0 Å². The fraction of sp³-hybridized carbons (Fsp3) is 0.231. The molecule has 0 aliphatic heterocycles. The summed E-state index contributed by atoms with van der Waals surface area (Å²) in [6.45, 7) is 0. The molecule has 17 heavy (non-hydrogen) atoms. The van der Waals surface area contributed by atoms with Gasteiger partial charge in [0.2, 0.25) is 0 Å². The summed E-state index contributed by atoms with van der Waals surface area (Å²) in [6, 6.07) is 11.7. The Hall–Kier alpha value is -1.68. The van der Waals surface area contributed by atoms with Gasteiger partial charge in [-0.05, 0) is 37.1 Å². The highest BCUT2D eigenvalue weighted by atomic mass is 32.1. The third-order valence-corrected chi connectivity index (χ3v) is 2.86. The fourth-order valence-electron chi connectivity index (χ4n) is 1.61. The molecule has 0 amide bonds. The molecular formula is C13H12N2OS. The van der Waals surface area contributed by atoms with Gasteiger partial charge in [-0.1, -0.05) is 24.4 Å². The molecule has 2 aromatic rings. The van der Waals surface area contributed by atoms with Crippen LogP contribution < -0.4 is 4.74 Å². The van der Waals surface area contributed by atoms with Crippen LogP contribution in [0.5, 0.6) is 5.75 Å². The number of rotatable bonds is 3. The summed E-state index contributed by atoms with van der Waals surface area (Å²) < 4.78 is 6.39. The number of aromatic nitrogens is 2. The van der Waals surface area contributed by atoms with Gasteiger partial charge in [-0.15, -0.1) is 0 Å². The van der Waals surface area contributed by atoms with Crippen LogP contribution in [0.15, 0.2) is 36.4 Å². The van der Waals surface area contributed by atoms with Crippen LogP contribution in [0.2, 0.25) is 0 Å². The van der Waals surface area contributed by atoms with Gasteiger partial charge < -0.3 is 4.74 Å². The summed E-state index contributed by atoms with van der Waals surface area (Å²) >= 11 is 4.97. The highest BCUT2D eigenvalue weighted by Gasteiger charge is 2.23. The van der Waals surface area contributed by atoms with Crippen molar-refractivity contribution in [3.63, 3.8) is 0 Å². The van der Waals surface area contributed by atoms with Gasteiger partial charge in [0, 0.05) is 5.56 Å². The van der Waals surface area contributed by atoms with Crippen LogP contribution in [0.25, 0.3) is 11.3 Å². The topological polar surface area (TPSA) is 37.9 Å². The van der Waals surface area contributed by atoms with Crippen molar-refractivity contribution in [2.75, 3.05) is 0 Å². The molecule has 0 atom stereocenters. The minimum atomic E-state index is 0.416. The van der Waals surface area contributed by atoms with Crippen molar-refractivity contribution in [2.24, 2.45) is 0 Å². The zero-order chi connectivity index (χ0) is 11.7. The highest BCUT2D eigenvalue weighted by molar-refractivity contribution is 7.71. The molecule has 1 aliphatic carbocycles. The minimum Gasteiger partial charge on any atom is -0.490 e. The molecule has 0 bridgehead atoms. The second-order valence-electron chi connectivity index (χ2n) is 4.15. The summed E-state index contributed by atoms with van der Waals surface area (Å²) in [6.07, 6.45) is 2.75. The van der Waals surface area contributed by atoms with Gasteiger partial charge in [0.15, 0.2) is 0 Å². The molecule has 1 aromatic carbocycles. The number of hydrogen-bond acceptors (Lipinski definition) is 3. The summed E-state index contributed by atoms with van der Waals surface area (Å²) in [5.74, 6) is 0.911. The molecule has 0 spiro atoms. The van der Waals surface area contributed by atoms with E-state index in [1.165, 1.54) is 12.8 Å². The standard InChI is InChI=1S/C13H12N2OS/c17-13-7-6-12(14-15-13)9-2-1-3-11(8-9)16-10-4-5-10/h1-3,6-8,10H,4-5H2,(H,15,17). The maximum absolute atomic E-state index is 5.75. The van der Waals surface area contributed by atoms with Crippen LogP contribution in [0.4, 0.5) is 0 Å². The molecule has 0 saturated heterocycles. The Bertz CT molecular complexity index is 569. The Kier molecular flexibility index (Phi) is 2.65. The van der Waals surface area contributed by atoms with Crippen LogP contribution in [0, 0.1) is 4.64 Å². The Morgan fingerprint density at radius 2 is 2.12 bits per heavy atom. The third-order valence-electron chi connectivity index (χ3n) is 2.64. The van der Waals surface area contributed by atoms with Gasteiger partial charge in [-0.25, -0.2) is 0 Å². The Balaban J connectivity index is 1.90. The van der Waals surface area contributed by atoms with Crippen LogP contribution >= 0.6 is 12.2 Å². The molecule has 4 heteroatoms. The van der Waals surface area contributed by atoms with Crippen LogP contribution in [-0.4, -0.2) is 16.3 Å². The SMILES string of the molecule is S=c1ccc(-c2cccc(OC3CC3)c2)n[nH]1. The third kappa shape index (κ3) is 2.53. The molecule has 1 saturated carbocycles. The smallest absolute Gasteiger partial charge is 0.120 e. The van der Waals surface area contributed by atoms with E-state index in [1.54, 1.807) is 0 Å². The van der Waals surface area contributed by atoms with Crippen molar-refractivity contribution in [2.45, 2.75) is 18.9 Å². The average molecular weight is 244 g/mol. The number of hydrogen-bond donors (Lipinski definition) is 1. The maximum Gasteiger partial charge on any atom is 0.120 e. The van der Waals surface area contributed by atoms with Crippen molar-refractivity contribution in [1.82, 2.24) is 10.2 Å². The summed E-state index contributed by atoms with van der Waals surface area (Å²) in [5, 5.41) is 6.99. The molecule has 86 valence electrons. The molecular weight excluding hydrogens is 232 g/mol. The number of nitrogens with one attached hydrogen (secondary N) is 1. The Labute approximate surface area is 104 Å². The van der Waals surface area contributed by atoms with E-state index in [-0.39, 0.29) is 0 Å². The number of H-pyrrole nitrogens is 1. The molecule has 3 nitrogen and oxygen atoms in total. The van der Waals surface area contributed by atoms with Crippen molar-refractivity contribution < 1.29 is 4.74 Å². The molecule has 3 rings (SSSR count). The lowest BCUT2D eigenvalue weighted by molar-refractivity contribution is 0.303. The second-order valence-corrected chi connectivity index (χ2v) is 4.59. The first-order chi connectivity index (χ1) is 8.31. The zero-order valence-corrected chi connectivity index (χ0v) is 10.0. The van der Waals surface area contributed by atoms with E-state index in [9.17, 15) is 0 Å². The van der Waals surface area contributed by atoms with E-state index in [2.05, 4.69) is 10.2 Å². The summed E-state index contributed by atoms with van der Waals surface area (Å²) in [7, 11) is 0. The fourth-order valence-corrected chi connectivity index (χ4v) is 1.73. The van der Waals surface area contributed by atoms with E-state index < -0.39 is 0 Å². The van der Waals surface area contributed by atoms with E-state index >= 15 is 0 Å². The lowest BCUT2D eigenvalue weighted by Gasteiger charge is -2.06. The average Bonchev–Trinajstić information content (AvgIpc) is 3.14. The largest absolute Gasteiger partial charge is 0.490 e. The number of benzene rings is 1. The highest BCUT2D eigenvalue weighted by Crippen LogP contribution is 2.29. The van der Waals surface area contributed by atoms with Gasteiger partial charge >= 0.3 is 0 Å². The maximum atomic E-state index is 5.75. The minimum absolute atomic E-state index is 0.416. The second kappa shape index (κ2) is 4.30. The van der Waals surface area contributed by atoms with Crippen molar-refractivity contribution in [3.8, 4) is 17.0 Å². The van der Waals surface area contributed by atoms with Crippen molar-refractivity contribution in [3.05, 3.63) is 41.0 Å². The van der Waals surface area contributed by atoms with Gasteiger partial charge in [-0.3, -0.25) is 5.10 Å². The molecule has 1 heterocycles. The molecule has 1 fully saturated rings. The van der Waals surface area contributed by atoms with E-state index in [4.69, 9.17) is 17.0 Å². The lowest BCUT2D eigenvalue weighted by Crippen LogP contribution is -1.96. The first kappa shape index (κ1) is 10.5. The van der Waals surface area contributed by atoms with E-state index in [0.29, 0.717) is 10.7 Å². The zero-order valence-electron chi connectivity index (χ0n) is 9.22. The first-order valence-electron chi connectivity index (χ1n) is 5.64. The van der Waals surface area contributed by atoms with Crippen LogP contribution in [0.3, 0.4) is 0 Å². The predicted octanol–water partition coefficient (Wildman–Crippen LogP) is 3.35. The van der Waals surface area contributed by atoms with Gasteiger partial charge in [0.1, 0.15) is 10.4 Å². The quantitative estimate of drug-likeness (QED) is 0.841. The number of nitrogens with zero attached hydrogens (tertiary/aromatic N) is 1. The molecule has 0 unspecified atom stereocenters. The van der Waals surface area contributed by atoms with Crippen molar-refractivity contribution >= 4 is 12.2 Å². The molecule has 0 radical (unpaired) electrons. The van der Waals surface area contributed by atoms with Gasteiger partial charge in [-0.2, -0.15) is 5.10 Å². The van der Waals surface area contributed by atoms with Gasteiger partial charge in [0.25, 0.3) is 0 Å². The van der Waals surface area contributed by atoms with Gasteiger partial charge in [0.05, 0.1) is 11.8 Å². The van der Waals surface area contributed by atoms with Crippen molar-refractivity contribution in [1.29, 1.82) is 0 Å². The lowest BCUT2D eigenvalue weighted by atomic mass is 10.1. The monoisotopic (exact) mass is 244 g/mol. The summed E-state index contributed by atoms with van der Waals surface area (Å²) in [4.78, 5) is 0. The first-order valence-corrected chi connectivity index (χ1v) is 6.05. The summed E-state index contributed by atoms with van der Waals surface area (Å²) in [5.41, 5.74) is 1.91. The van der Waals surface area contributed by atoms with E-state index in [1.807, 2.05) is 36.4 Å². The number of ether oxygens (including phenoxy) is 1. The van der Waals surface area contributed by atoms with Crippen LogP contribution in [0.1, 0.15) is 12.8 Å². The Morgan fingerprint density at radius 3 is 2.82 bits per heavy atom. The Morgan fingerprint density at radius 1 is 1.24 bits per heavy atom. The van der Waals surface area contributed by atoms with Crippen LogP contribution in [-0.2, 0) is 0 Å². The predicted molar refractivity (Wildman–Crippen MR) is 68.5 cm³/mol.